The summed E-state index contributed by atoms with van der Waals surface area (Å²) in [5, 5.41) is 12.6. The van der Waals surface area contributed by atoms with E-state index in [2.05, 4.69) is 5.32 Å². The molecule has 2 unspecified atom stereocenters. The fraction of sp³-hybridized carbons (Fsp3) is 0.462. The van der Waals surface area contributed by atoms with Gasteiger partial charge in [0.25, 0.3) is 0 Å². The number of ether oxygens (including phenoxy) is 1. The molecule has 4 nitrogen and oxygen atoms in total. The van der Waals surface area contributed by atoms with Crippen molar-refractivity contribution in [2.24, 2.45) is 0 Å². The Balaban J connectivity index is 2.04. The third-order valence-corrected chi connectivity index (χ3v) is 2.91. The van der Waals surface area contributed by atoms with E-state index < -0.39 is 12.2 Å². The van der Waals surface area contributed by atoms with Crippen molar-refractivity contribution in [1.82, 2.24) is 5.32 Å². The molecule has 1 aliphatic rings. The number of nitrogens with one attached hydrogen (secondary N) is 1. The normalized spacial score (nSPS) is 22.0. The molecule has 0 radical (unpaired) electrons. The first kappa shape index (κ1) is 11.9. The van der Waals surface area contributed by atoms with E-state index in [0.717, 1.165) is 17.5 Å². The molecule has 4 heteroatoms. The Bertz CT molecular complexity index is 405. The van der Waals surface area contributed by atoms with Crippen molar-refractivity contribution in [2.75, 3.05) is 6.61 Å². The van der Waals surface area contributed by atoms with Crippen LogP contribution in [0.25, 0.3) is 0 Å². The van der Waals surface area contributed by atoms with Gasteiger partial charge < -0.3 is 15.2 Å². The Kier molecular flexibility index (Phi) is 3.64. The molecule has 0 bridgehead atoms. The second kappa shape index (κ2) is 5.19. The maximum absolute atomic E-state index is 11.5. The summed E-state index contributed by atoms with van der Waals surface area (Å²) in [6.45, 7) is 2.34. The molecule has 0 fully saturated rings. The Morgan fingerprint density at radius 1 is 1.53 bits per heavy atom. The van der Waals surface area contributed by atoms with Gasteiger partial charge in [0.2, 0.25) is 0 Å². The lowest BCUT2D eigenvalue weighted by Gasteiger charge is -2.17. The van der Waals surface area contributed by atoms with Gasteiger partial charge in [-0.3, -0.25) is 0 Å². The van der Waals surface area contributed by atoms with Gasteiger partial charge in [0.15, 0.2) is 0 Å². The van der Waals surface area contributed by atoms with E-state index in [4.69, 9.17) is 4.74 Å². The summed E-state index contributed by atoms with van der Waals surface area (Å²) in [4.78, 5) is 11.5. The second-order valence-electron chi connectivity index (χ2n) is 4.23. The highest BCUT2D eigenvalue weighted by molar-refractivity contribution is 5.68. The highest BCUT2D eigenvalue weighted by Gasteiger charge is 2.32. The second-order valence-corrected chi connectivity index (χ2v) is 4.23. The van der Waals surface area contributed by atoms with Gasteiger partial charge in [0.05, 0.1) is 18.8 Å². The molecule has 2 rings (SSSR count). The predicted octanol–water partition coefficient (Wildman–Crippen LogP) is 1.78. The molecule has 1 aliphatic carbocycles. The summed E-state index contributed by atoms with van der Waals surface area (Å²) in [6.07, 6.45) is 0.334. The molecule has 1 aromatic rings. The fourth-order valence-electron chi connectivity index (χ4n) is 2.11. The first-order valence-corrected chi connectivity index (χ1v) is 5.91. The van der Waals surface area contributed by atoms with Crippen molar-refractivity contribution in [3.8, 4) is 0 Å². The standard InChI is InChI=1S/C13H17NO3/c1-2-7-17-13(16)14-12-10-6-4-3-5-9(10)8-11(12)15/h3-6,11-12,15H,2,7-8H2,1H3,(H,14,16). The Morgan fingerprint density at radius 2 is 2.29 bits per heavy atom. The van der Waals surface area contributed by atoms with E-state index in [1.165, 1.54) is 0 Å². The van der Waals surface area contributed by atoms with Crippen LogP contribution >= 0.6 is 0 Å². The summed E-state index contributed by atoms with van der Waals surface area (Å²) in [5.74, 6) is 0. The Hall–Kier alpha value is -1.55. The molecular formula is C13H17NO3. The van der Waals surface area contributed by atoms with Gasteiger partial charge in [-0.2, -0.15) is 0 Å². The minimum atomic E-state index is -0.568. The molecule has 0 aliphatic heterocycles. The summed E-state index contributed by atoms with van der Waals surface area (Å²) in [5.41, 5.74) is 2.06. The predicted molar refractivity (Wildman–Crippen MR) is 63.7 cm³/mol. The lowest BCUT2D eigenvalue weighted by molar-refractivity contribution is 0.112. The molecule has 2 N–H and O–H groups in total. The Labute approximate surface area is 101 Å². The maximum Gasteiger partial charge on any atom is 0.407 e. The first-order valence-electron chi connectivity index (χ1n) is 5.91. The topological polar surface area (TPSA) is 58.6 Å². The number of alkyl carbamates (subject to hydrolysis) is 1. The molecule has 0 saturated carbocycles. The van der Waals surface area contributed by atoms with Crippen molar-refractivity contribution in [3.63, 3.8) is 0 Å². The molecule has 1 aromatic carbocycles. The van der Waals surface area contributed by atoms with Crippen LogP contribution in [0.2, 0.25) is 0 Å². The van der Waals surface area contributed by atoms with Crippen LogP contribution in [-0.2, 0) is 11.2 Å². The average molecular weight is 235 g/mol. The van der Waals surface area contributed by atoms with Crippen molar-refractivity contribution >= 4 is 6.09 Å². The summed E-state index contributed by atoms with van der Waals surface area (Å²) in [7, 11) is 0. The molecule has 0 aromatic heterocycles. The molecule has 2 atom stereocenters. The number of hydrogen-bond donors (Lipinski definition) is 2. The van der Waals surface area contributed by atoms with Crippen LogP contribution in [0.1, 0.15) is 30.5 Å². The average Bonchev–Trinajstić information content (AvgIpc) is 2.64. The van der Waals surface area contributed by atoms with Crippen molar-refractivity contribution in [2.45, 2.75) is 31.9 Å². The number of rotatable bonds is 3. The van der Waals surface area contributed by atoms with Gasteiger partial charge in [-0.25, -0.2) is 4.79 Å². The molecule has 0 heterocycles. The van der Waals surface area contributed by atoms with Crippen molar-refractivity contribution in [3.05, 3.63) is 35.4 Å². The number of aliphatic hydroxyl groups excluding tert-OH is 1. The van der Waals surface area contributed by atoms with E-state index in [0.29, 0.717) is 13.0 Å². The van der Waals surface area contributed by atoms with E-state index in [1.54, 1.807) is 0 Å². The summed E-state index contributed by atoms with van der Waals surface area (Å²) in [6, 6.07) is 7.38. The van der Waals surface area contributed by atoms with Gasteiger partial charge >= 0.3 is 6.09 Å². The zero-order valence-electron chi connectivity index (χ0n) is 9.85. The maximum atomic E-state index is 11.5. The minimum Gasteiger partial charge on any atom is -0.450 e. The van der Waals surface area contributed by atoms with E-state index in [1.807, 2.05) is 31.2 Å². The van der Waals surface area contributed by atoms with Crippen LogP contribution in [0, 0.1) is 0 Å². The zero-order chi connectivity index (χ0) is 12.3. The number of carbonyl (C=O) groups excluding carboxylic acids is 1. The van der Waals surface area contributed by atoms with Crippen molar-refractivity contribution < 1.29 is 14.6 Å². The molecule has 0 spiro atoms. The van der Waals surface area contributed by atoms with Crippen LogP contribution in [-0.4, -0.2) is 23.9 Å². The number of fused-ring (bicyclic) bond motifs is 1. The number of hydrogen-bond acceptors (Lipinski definition) is 3. The van der Waals surface area contributed by atoms with Gasteiger partial charge in [0.1, 0.15) is 0 Å². The minimum absolute atomic E-state index is 0.351. The van der Waals surface area contributed by atoms with Crippen molar-refractivity contribution in [1.29, 1.82) is 0 Å². The highest BCUT2D eigenvalue weighted by atomic mass is 16.5. The van der Waals surface area contributed by atoms with Gasteiger partial charge in [-0.15, -0.1) is 0 Å². The quantitative estimate of drug-likeness (QED) is 0.839. The Morgan fingerprint density at radius 3 is 3.06 bits per heavy atom. The van der Waals surface area contributed by atoms with E-state index in [9.17, 15) is 9.90 Å². The summed E-state index contributed by atoms with van der Waals surface area (Å²) < 4.78 is 4.96. The lowest BCUT2D eigenvalue weighted by atomic mass is 10.1. The van der Waals surface area contributed by atoms with E-state index in [-0.39, 0.29) is 6.04 Å². The van der Waals surface area contributed by atoms with Crippen LogP contribution in [0.3, 0.4) is 0 Å². The third kappa shape index (κ3) is 2.58. The molecule has 17 heavy (non-hydrogen) atoms. The number of carbonyl (C=O) groups is 1. The number of aliphatic hydroxyl groups is 1. The number of amides is 1. The van der Waals surface area contributed by atoms with E-state index >= 15 is 0 Å². The van der Waals surface area contributed by atoms with Gasteiger partial charge in [0, 0.05) is 6.42 Å². The number of benzene rings is 1. The van der Waals surface area contributed by atoms with Crippen LogP contribution in [0.4, 0.5) is 4.79 Å². The SMILES string of the molecule is CCCOC(=O)NC1c2ccccc2CC1O. The smallest absolute Gasteiger partial charge is 0.407 e. The lowest BCUT2D eigenvalue weighted by Crippen LogP contribution is -2.34. The van der Waals surface area contributed by atoms with Gasteiger partial charge in [-0.05, 0) is 17.5 Å². The van der Waals surface area contributed by atoms with Crippen LogP contribution in [0.15, 0.2) is 24.3 Å². The van der Waals surface area contributed by atoms with Crippen LogP contribution < -0.4 is 5.32 Å². The van der Waals surface area contributed by atoms with Crippen LogP contribution in [0.5, 0.6) is 0 Å². The molecular weight excluding hydrogens is 218 g/mol. The van der Waals surface area contributed by atoms with Gasteiger partial charge in [-0.1, -0.05) is 31.2 Å². The molecule has 0 saturated heterocycles. The largest absolute Gasteiger partial charge is 0.450 e. The fourth-order valence-corrected chi connectivity index (χ4v) is 2.11. The molecule has 92 valence electrons. The molecule has 1 amide bonds. The summed E-state index contributed by atoms with van der Waals surface area (Å²) >= 11 is 0. The highest BCUT2D eigenvalue weighted by Crippen LogP contribution is 2.31. The first-order chi connectivity index (χ1) is 8.22. The monoisotopic (exact) mass is 235 g/mol. The zero-order valence-corrected chi connectivity index (χ0v) is 9.85. The third-order valence-electron chi connectivity index (χ3n) is 2.91.